The van der Waals surface area contributed by atoms with Crippen LogP contribution in [0.25, 0.3) is 11.1 Å². The van der Waals surface area contributed by atoms with Gasteiger partial charge in [0, 0.05) is 17.3 Å². The molecule has 0 fully saturated rings. The second kappa shape index (κ2) is 6.32. The van der Waals surface area contributed by atoms with E-state index in [1.54, 1.807) is 12.3 Å². The zero-order valence-electron chi connectivity index (χ0n) is 14.1. The molecule has 124 valence electrons. The van der Waals surface area contributed by atoms with Gasteiger partial charge in [-0.2, -0.15) is 5.10 Å². The largest absolute Gasteiger partial charge is 0.493 e. The molecule has 0 saturated heterocycles. The third-order valence-electron chi connectivity index (χ3n) is 3.39. The first kappa shape index (κ1) is 16.9. The molecule has 1 aromatic heterocycles. The molecule has 0 radical (unpaired) electrons. The van der Waals surface area contributed by atoms with Crippen molar-refractivity contribution in [3.8, 4) is 22.6 Å². The van der Waals surface area contributed by atoms with Crippen LogP contribution in [0.2, 0.25) is 0 Å². The Hall–Kier alpha value is -2.50. The van der Waals surface area contributed by atoms with Gasteiger partial charge in [-0.05, 0) is 39.8 Å². The van der Waals surface area contributed by atoms with Crippen LogP contribution in [0.1, 0.15) is 38.1 Å². The molecule has 23 heavy (non-hydrogen) atoms. The molecule has 1 N–H and O–H groups in total. The summed E-state index contributed by atoms with van der Waals surface area (Å²) in [5.74, 6) is -0.102. The van der Waals surface area contributed by atoms with Crippen LogP contribution >= 0.6 is 0 Å². The van der Waals surface area contributed by atoms with Crippen molar-refractivity contribution in [2.24, 2.45) is 0 Å². The van der Waals surface area contributed by atoms with Crippen molar-refractivity contribution in [2.75, 3.05) is 13.7 Å². The lowest BCUT2D eigenvalue weighted by molar-refractivity contribution is 0.0696. The summed E-state index contributed by atoms with van der Waals surface area (Å²) in [5.41, 5.74) is 1.41. The van der Waals surface area contributed by atoms with Crippen molar-refractivity contribution in [1.29, 1.82) is 0 Å². The Morgan fingerprint density at radius 3 is 2.52 bits per heavy atom. The standard InChI is InChI=1S/C17H22N2O4/c1-6-23-15-13(7-11(16(20)21)8-14(15)22-5)12-9-18-19(10-12)17(2,3)4/h7-10H,6H2,1-5H3,(H,20,21). The SMILES string of the molecule is CCOc1c(OC)cc(C(=O)O)cc1-c1cnn(C(C)(C)C)c1. The second-order valence-electron chi connectivity index (χ2n) is 6.14. The molecule has 1 aromatic carbocycles. The summed E-state index contributed by atoms with van der Waals surface area (Å²) < 4.78 is 12.8. The van der Waals surface area contributed by atoms with Crippen molar-refractivity contribution in [3.63, 3.8) is 0 Å². The molecule has 0 bridgehead atoms. The molecular formula is C17H22N2O4. The Morgan fingerprint density at radius 2 is 2.04 bits per heavy atom. The number of nitrogens with zero attached hydrogens (tertiary/aromatic N) is 2. The first-order valence-corrected chi connectivity index (χ1v) is 7.41. The molecule has 0 amide bonds. The van der Waals surface area contributed by atoms with E-state index in [1.807, 2.05) is 38.6 Å². The smallest absolute Gasteiger partial charge is 0.335 e. The maximum atomic E-state index is 11.4. The van der Waals surface area contributed by atoms with Gasteiger partial charge < -0.3 is 14.6 Å². The Labute approximate surface area is 135 Å². The van der Waals surface area contributed by atoms with Crippen LogP contribution < -0.4 is 9.47 Å². The number of hydrogen-bond donors (Lipinski definition) is 1. The number of rotatable bonds is 5. The summed E-state index contributed by atoms with van der Waals surface area (Å²) in [4.78, 5) is 11.4. The average Bonchev–Trinajstić information content (AvgIpc) is 2.97. The summed E-state index contributed by atoms with van der Waals surface area (Å²) in [6.45, 7) is 8.44. The predicted molar refractivity (Wildman–Crippen MR) is 87.3 cm³/mol. The van der Waals surface area contributed by atoms with Gasteiger partial charge in [0.05, 0.1) is 31.0 Å². The van der Waals surface area contributed by atoms with E-state index >= 15 is 0 Å². The fraction of sp³-hybridized carbons (Fsp3) is 0.412. The highest BCUT2D eigenvalue weighted by Gasteiger charge is 2.20. The van der Waals surface area contributed by atoms with Crippen LogP contribution in [0, 0.1) is 0 Å². The molecule has 0 atom stereocenters. The number of benzene rings is 1. The van der Waals surface area contributed by atoms with Gasteiger partial charge in [0.2, 0.25) is 0 Å². The van der Waals surface area contributed by atoms with Gasteiger partial charge in [0.15, 0.2) is 11.5 Å². The van der Waals surface area contributed by atoms with Crippen molar-refractivity contribution < 1.29 is 19.4 Å². The molecular weight excluding hydrogens is 296 g/mol. The summed E-state index contributed by atoms with van der Waals surface area (Å²) in [7, 11) is 1.49. The summed E-state index contributed by atoms with van der Waals surface area (Å²) >= 11 is 0. The van der Waals surface area contributed by atoms with Crippen LogP contribution in [0.3, 0.4) is 0 Å². The van der Waals surface area contributed by atoms with Gasteiger partial charge in [0.25, 0.3) is 0 Å². The van der Waals surface area contributed by atoms with E-state index in [2.05, 4.69) is 5.10 Å². The maximum Gasteiger partial charge on any atom is 0.335 e. The molecule has 0 spiro atoms. The highest BCUT2D eigenvalue weighted by molar-refractivity contribution is 5.91. The molecule has 0 saturated carbocycles. The minimum absolute atomic E-state index is 0.142. The predicted octanol–water partition coefficient (Wildman–Crippen LogP) is 3.41. The van der Waals surface area contributed by atoms with E-state index in [9.17, 15) is 9.90 Å². The van der Waals surface area contributed by atoms with Crippen molar-refractivity contribution in [1.82, 2.24) is 9.78 Å². The highest BCUT2D eigenvalue weighted by Crippen LogP contribution is 2.39. The molecule has 0 aliphatic heterocycles. The highest BCUT2D eigenvalue weighted by atomic mass is 16.5. The van der Waals surface area contributed by atoms with E-state index in [4.69, 9.17) is 9.47 Å². The normalized spacial score (nSPS) is 11.3. The second-order valence-corrected chi connectivity index (χ2v) is 6.14. The van der Waals surface area contributed by atoms with E-state index in [-0.39, 0.29) is 11.1 Å². The van der Waals surface area contributed by atoms with E-state index < -0.39 is 5.97 Å². The Kier molecular flexibility index (Phi) is 4.63. The van der Waals surface area contributed by atoms with Crippen molar-refractivity contribution >= 4 is 5.97 Å². The number of carbonyl (C=O) groups is 1. The number of carboxylic acid groups (broad SMARTS) is 1. The Bertz CT molecular complexity index is 714. The minimum atomic E-state index is -1.02. The van der Waals surface area contributed by atoms with Crippen LogP contribution in [0.5, 0.6) is 11.5 Å². The minimum Gasteiger partial charge on any atom is -0.493 e. The fourth-order valence-electron chi connectivity index (χ4n) is 2.21. The Balaban J connectivity index is 2.65. The molecule has 0 aliphatic rings. The number of aromatic carboxylic acids is 1. The summed E-state index contributed by atoms with van der Waals surface area (Å²) in [5, 5.41) is 13.7. The molecule has 6 nitrogen and oxygen atoms in total. The van der Waals surface area contributed by atoms with Gasteiger partial charge >= 0.3 is 5.97 Å². The van der Waals surface area contributed by atoms with Crippen LogP contribution in [0.15, 0.2) is 24.5 Å². The monoisotopic (exact) mass is 318 g/mol. The molecule has 1 heterocycles. The Morgan fingerprint density at radius 1 is 1.35 bits per heavy atom. The quantitative estimate of drug-likeness (QED) is 0.914. The number of aromatic nitrogens is 2. The number of ether oxygens (including phenoxy) is 2. The lowest BCUT2D eigenvalue weighted by Gasteiger charge is -2.19. The third kappa shape index (κ3) is 3.47. The van der Waals surface area contributed by atoms with Crippen LogP contribution in [-0.2, 0) is 5.54 Å². The zero-order valence-corrected chi connectivity index (χ0v) is 14.1. The number of hydrogen-bond acceptors (Lipinski definition) is 4. The van der Waals surface area contributed by atoms with Crippen LogP contribution in [-0.4, -0.2) is 34.6 Å². The van der Waals surface area contributed by atoms with E-state index in [0.29, 0.717) is 23.7 Å². The molecule has 2 rings (SSSR count). The van der Waals surface area contributed by atoms with Crippen molar-refractivity contribution in [3.05, 3.63) is 30.1 Å². The number of methoxy groups -OCH3 is 1. The molecule has 0 unspecified atom stereocenters. The number of carboxylic acids is 1. The van der Waals surface area contributed by atoms with Gasteiger partial charge in [0.1, 0.15) is 0 Å². The first-order chi connectivity index (χ1) is 10.8. The topological polar surface area (TPSA) is 73.6 Å². The lowest BCUT2D eigenvalue weighted by atomic mass is 10.0. The summed E-state index contributed by atoms with van der Waals surface area (Å²) in [6.07, 6.45) is 3.58. The first-order valence-electron chi connectivity index (χ1n) is 7.41. The molecule has 0 aliphatic carbocycles. The fourth-order valence-corrected chi connectivity index (χ4v) is 2.21. The maximum absolute atomic E-state index is 11.4. The zero-order chi connectivity index (χ0) is 17.2. The lowest BCUT2D eigenvalue weighted by Crippen LogP contribution is -2.21. The summed E-state index contributed by atoms with van der Waals surface area (Å²) in [6, 6.07) is 3.05. The van der Waals surface area contributed by atoms with E-state index in [1.165, 1.54) is 13.2 Å². The van der Waals surface area contributed by atoms with Gasteiger partial charge in [-0.1, -0.05) is 0 Å². The molecule has 6 heteroatoms. The molecule has 2 aromatic rings. The van der Waals surface area contributed by atoms with Crippen LogP contribution in [0.4, 0.5) is 0 Å². The van der Waals surface area contributed by atoms with Crippen molar-refractivity contribution in [2.45, 2.75) is 33.2 Å². The average molecular weight is 318 g/mol. The van der Waals surface area contributed by atoms with E-state index in [0.717, 1.165) is 5.56 Å². The third-order valence-corrected chi connectivity index (χ3v) is 3.39. The van der Waals surface area contributed by atoms with Gasteiger partial charge in [-0.3, -0.25) is 4.68 Å². The van der Waals surface area contributed by atoms with Gasteiger partial charge in [-0.25, -0.2) is 4.79 Å². The van der Waals surface area contributed by atoms with Gasteiger partial charge in [-0.15, -0.1) is 0 Å².